The van der Waals surface area contributed by atoms with Crippen LogP contribution in [0.3, 0.4) is 0 Å². The number of hydrogen-bond donors (Lipinski definition) is 2. The minimum atomic E-state index is -0.788. The summed E-state index contributed by atoms with van der Waals surface area (Å²) in [5, 5.41) is 8.94. The molecule has 134 valence electrons. The van der Waals surface area contributed by atoms with E-state index >= 15 is 0 Å². The van der Waals surface area contributed by atoms with Crippen LogP contribution in [0.2, 0.25) is 0 Å². The topological polar surface area (TPSA) is 85.9 Å². The van der Waals surface area contributed by atoms with E-state index in [2.05, 4.69) is 10.6 Å². The highest BCUT2D eigenvalue weighted by Crippen LogP contribution is 2.28. The van der Waals surface area contributed by atoms with Gasteiger partial charge in [-0.2, -0.15) is 11.3 Å². The first-order chi connectivity index (χ1) is 12.1. The van der Waals surface area contributed by atoms with Gasteiger partial charge in [0.15, 0.2) is 0 Å². The summed E-state index contributed by atoms with van der Waals surface area (Å²) in [5.74, 6) is -0.565. The largest absolute Gasteiger partial charge is 0.497 e. The predicted octanol–water partition coefficient (Wildman–Crippen LogP) is 2.21. The van der Waals surface area contributed by atoms with Crippen LogP contribution in [-0.4, -0.2) is 39.7 Å². The standard InChI is InChI=1S/C17H20N2O5S/c1-22-12-4-5-13(14(8-12)23-2)19-17(21)16(20)18-9-15(24-3)11-6-7-25-10-11/h4-8,10,15H,9H2,1-3H3,(H,18,20)(H,19,21). The second-order valence-corrected chi connectivity index (χ2v) is 5.79. The van der Waals surface area contributed by atoms with Gasteiger partial charge in [0.2, 0.25) is 0 Å². The van der Waals surface area contributed by atoms with Crippen LogP contribution in [0.25, 0.3) is 0 Å². The van der Waals surface area contributed by atoms with Crippen molar-refractivity contribution in [3.05, 3.63) is 40.6 Å². The Morgan fingerprint density at radius 3 is 2.52 bits per heavy atom. The lowest BCUT2D eigenvalue weighted by molar-refractivity contribution is -0.136. The lowest BCUT2D eigenvalue weighted by Crippen LogP contribution is -2.38. The van der Waals surface area contributed by atoms with Gasteiger partial charge in [-0.3, -0.25) is 9.59 Å². The zero-order valence-corrected chi connectivity index (χ0v) is 15.0. The molecule has 0 saturated carbocycles. The second kappa shape index (κ2) is 9.05. The molecule has 2 amide bonds. The Hall–Kier alpha value is -2.58. The quantitative estimate of drug-likeness (QED) is 0.736. The third-order valence-corrected chi connectivity index (χ3v) is 4.21. The Labute approximate surface area is 149 Å². The maximum Gasteiger partial charge on any atom is 0.313 e. The zero-order chi connectivity index (χ0) is 18.2. The lowest BCUT2D eigenvalue weighted by Gasteiger charge is -2.15. The number of nitrogens with one attached hydrogen (secondary N) is 2. The van der Waals surface area contributed by atoms with Crippen molar-refractivity contribution in [2.24, 2.45) is 0 Å². The Balaban J connectivity index is 1.95. The summed E-state index contributed by atoms with van der Waals surface area (Å²) in [5.41, 5.74) is 1.33. The minimum absolute atomic E-state index is 0.194. The summed E-state index contributed by atoms with van der Waals surface area (Å²) in [6.07, 6.45) is -0.307. The van der Waals surface area contributed by atoms with Gasteiger partial charge in [-0.1, -0.05) is 0 Å². The normalized spacial score (nSPS) is 11.5. The van der Waals surface area contributed by atoms with Gasteiger partial charge in [0.25, 0.3) is 0 Å². The van der Waals surface area contributed by atoms with E-state index in [0.29, 0.717) is 17.2 Å². The van der Waals surface area contributed by atoms with Gasteiger partial charge < -0.3 is 24.8 Å². The van der Waals surface area contributed by atoms with Crippen molar-refractivity contribution >= 4 is 28.8 Å². The Kier molecular flexibility index (Phi) is 6.79. The number of rotatable bonds is 7. The van der Waals surface area contributed by atoms with Gasteiger partial charge in [0, 0.05) is 19.7 Å². The summed E-state index contributed by atoms with van der Waals surface area (Å²) < 4.78 is 15.6. The maximum atomic E-state index is 12.1. The highest BCUT2D eigenvalue weighted by atomic mass is 32.1. The first kappa shape index (κ1) is 18.8. The Morgan fingerprint density at radius 2 is 1.92 bits per heavy atom. The van der Waals surface area contributed by atoms with Crippen molar-refractivity contribution in [1.29, 1.82) is 0 Å². The minimum Gasteiger partial charge on any atom is -0.497 e. The zero-order valence-electron chi connectivity index (χ0n) is 14.2. The van der Waals surface area contributed by atoms with Gasteiger partial charge in [-0.15, -0.1) is 0 Å². The molecule has 2 rings (SSSR count). The number of anilines is 1. The molecule has 7 nitrogen and oxygen atoms in total. The van der Waals surface area contributed by atoms with Crippen LogP contribution >= 0.6 is 11.3 Å². The van der Waals surface area contributed by atoms with Gasteiger partial charge in [0.1, 0.15) is 17.6 Å². The monoisotopic (exact) mass is 364 g/mol. The molecule has 1 heterocycles. The number of benzene rings is 1. The Morgan fingerprint density at radius 1 is 1.12 bits per heavy atom. The molecule has 1 atom stereocenters. The molecular weight excluding hydrogens is 344 g/mol. The van der Waals surface area contributed by atoms with E-state index in [0.717, 1.165) is 5.56 Å². The number of amides is 2. The van der Waals surface area contributed by atoms with Crippen LogP contribution in [-0.2, 0) is 14.3 Å². The predicted molar refractivity (Wildman–Crippen MR) is 95.3 cm³/mol. The molecular formula is C17H20N2O5S. The van der Waals surface area contributed by atoms with E-state index in [9.17, 15) is 9.59 Å². The van der Waals surface area contributed by atoms with Crippen molar-refractivity contribution in [2.75, 3.05) is 33.2 Å². The average Bonchev–Trinajstić information content (AvgIpc) is 3.16. The molecule has 1 aromatic heterocycles. The van der Waals surface area contributed by atoms with Crippen LogP contribution < -0.4 is 20.1 Å². The molecule has 25 heavy (non-hydrogen) atoms. The maximum absolute atomic E-state index is 12.1. The van der Waals surface area contributed by atoms with E-state index < -0.39 is 11.8 Å². The van der Waals surface area contributed by atoms with Gasteiger partial charge in [-0.05, 0) is 34.5 Å². The second-order valence-electron chi connectivity index (χ2n) is 5.01. The smallest absolute Gasteiger partial charge is 0.313 e. The molecule has 1 aromatic carbocycles. The number of carbonyl (C=O) groups excluding carboxylic acids is 2. The molecule has 0 aliphatic rings. The molecule has 1 unspecified atom stereocenters. The fourth-order valence-electron chi connectivity index (χ4n) is 2.14. The van der Waals surface area contributed by atoms with Crippen LogP contribution in [0.1, 0.15) is 11.7 Å². The van der Waals surface area contributed by atoms with Crippen LogP contribution in [0, 0.1) is 0 Å². The van der Waals surface area contributed by atoms with Crippen LogP contribution in [0.5, 0.6) is 11.5 Å². The van der Waals surface area contributed by atoms with Crippen molar-refractivity contribution in [1.82, 2.24) is 5.32 Å². The molecule has 0 radical (unpaired) electrons. The fraction of sp³-hybridized carbons (Fsp3) is 0.294. The molecule has 0 aliphatic carbocycles. The molecule has 0 saturated heterocycles. The Bertz CT molecular complexity index is 718. The molecule has 0 bridgehead atoms. The van der Waals surface area contributed by atoms with Crippen LogP contribution in [0.4, 0.5) is 5.69 Å². The van der Waals surface area contributed by atoms with E-state index in [-0.39, 0.29) is 12.6 Å². The molecule has 0 spiro atoms. The molecule has 2 aromatic rings. The fourth-order valence-corrected chi connectivity index (χ4v) is 2.84. The molecule has 2 N–H and O–H groups in total. The highest BCUT2D eigenvalue weighted by molar-refractivity contribution is 7.07. The summed E-state index contributed by atoms with van der Waals surface area (Å²) in [6, 6.07) is 6.79. The first-order valence-corrected chi connectivity index (χ1v) is 8.39. The molecule has 0 fully saturated rings. The highest BCUT2D eigenvalue weighted by Gasteiger charge is 2.19. The van der Waals surface area contributed by atoms with E-state index in [1.54, 1.807) is 25.3 Å². The molecule has 0 aliphatic heterocycles. The number of carbonyl (C=O) groups is 2. The lowest BCUT2D eigenvalue weighted by atomic mass is 10.2. The van der Waals surface area contributed by atoms with Gasteiger partial charge in [0.05, 0.1) is 19.9 Å². The third kappa shape index (κ3) is 4.94. The number of ether oxygens (including phenoxy) is 3. The van der Waals surface area contributed by atoms with Crippen molar-refractivity contribution in [2.45, 2.75) is 6.10 Å². The van der Waals surface area contributed by atoms with Gasteiger partial charge in [-0.25, -0.2) is 0 Å². The SMILES string of the molecule is COc1ccc(NC(=O)C(=O)NCC(OC)c2ccsc2)c(OC)c1. The van der Waals surface area contributed by atoms with Crippen molar-refractivity contribution in [3.8, 4) is 11.5 Å². The van der Waals surface area contributed by atoms with E-state index in [4.69, 9.17) is 14.2 Å². The van der Waals surface area contributed by atoms with E-state index in [1.807, 2.05) is 16.8 Å². The number of thiophene rings is 1. The first-order valence-electron chi connectivity index (χ1n) is 7.45. The summed E-state index contributed by atoms with van der Waals surface area (Å²) >= 11 is 1.54. The summed E-state index contributed by atoms with van der Waals surface area (Å²) in [6.45, 7) is 0.194. The summed E-state index contributed by atoms with van der Waals surface area (Å²) in [7, 11) is 4.55. The molecule has 8 heteroatoms. The average molecular weight is 364 g/mol. The van der Waals surface area contributed by atoms with Crippen LogP contribution in [0.15, 0.2) is 35.0 Å². The van der Waals surface area contributed by atoms with E-state index in [1.165, 1.54) is 25.6 Å². The number of methoxy groups -OCH3 is 3. The van der Waals surface area contributed by atoms with Crippen molar-refractivity contribution in [3.63, 3.8) is 0 Å². The summed E-state index contributed by atoms with van der Waals surface area (Å²) in [4.78, 5) is 24.1. The van der Waals surface area contributed by atoms with Gasteiger partial charge >= 0.3 is 11.8 Å². The number of hydrogen-bond acceptors (Lipinski definition) is 6. The van der Waals surface area contributed by atoms with Crippen molar-refractivity contribution < 1.29 is 23.8 Å². The third-order valence-electron chi connectivity index (χ3n) is 3.51.